The van der Waals surface area contributed by atoms with Gasteiger partial charge in [-0.15, -0.1) is 0 Å². The predicted molar refractivity (Wildman–Crippen MR) is 209 cm³/mol. The fourth-order valence-corrected chi connectivity index (χ4v) is 5.56. The van der Waals surface area contributed by atoms with E-state index in [2.05, 4.69) is 31.6 Å². The van der Waals surface area contributed by atoms with Crippen molar-refractivity contribution >= 4 is 41.5 Å². The van der Waals surface area contributed by atoms with E-state index in [0.29, 0.717) is 17.5 Å². The highest BCUT2D eigenvalue weighted by molar-refractivity contribution is 5.95. The minimum atomic E-state index is -1.24. The summed E-state index contributed by atoms with van der Waals surface area (Å²) in [6.45, 7) is 6.91. The van der Waals surface area contributed by atoms with Gasteiger partial charge in [-0.05, 0) is 72.9 Å². The number of nitrogens with zero attached hydrogens (tertiary/aromatic N) is 1. The quantitative estimate of drug-likeness (QED) is 0.0386. The van der Waals surface area contributed by atoms with Gasteiger partial charge in [0.25, 0.3) is 0 Å². The number of rotatable bonds is 23. The number of aromatic hydroxyl groups is 2. The monoisotopic (exact) mass is 783 g/mol. The summed E-state index contributed by atoms with van der Waals surface area (Å²) in [5.74, 6) is -5.07. The van der Waals surface area contributed by atoms with E-state index in [4.69, 9.17) is 17.2 Å². The Bertz CT molecular complexity index is 1650. The number of aliphatic carboxylic acids is 1. The Hall–Kier alpha value is -5.91. The minimum absolute atomic E-state index is 0.00201. The largest absolute Gasteiger partial charge is 0.508 e. The molecule has 0 radical (unpaired) electrons. The van der Waals surface area contributed by atoms with Crippen molar-refractivity contribution in [3.8, 4) is 11.5 Å². The maximum absolute atomic E-state index is 13.7. The van der Waals surface area contributed by atoms with Gasteiger partial charge in [-0.1, -0.05) is 52.0 Å². The Morgan fingerprint density at radius 3 is 1.55 bits per heavy atom. The number of carbonyl (C=O) groups excluding carboxylic acids is 5. The summed E-state index contributed by atoms with van der Waals surface area (Å²) in [7, 11) is 0. The van der Waals surface area contributed by atoms with Crippen LogP contribution < -0.4 is 43.8 Å². The molecule has 0 aliphatic rings. The van der Waals surface area contributed by atoms with Crippen LogP contribution in [0.5, 0.6) is 11.5 Å². The molecule has 0 fully saturated rings. The van der Waals surface area contributed by atoms with Gasteiger partial charge in [0, 0.05) is 19.4 Å². The van der Waals surface area contributed by atoms with Crippen molar-refractivity contribution in [3.63, 3.8) is 0 Å². The van der Waals surface area contributed by atoms with Crippen LogP contribution in [-0.2, 0) is 41.6 Å². The van der Waals surface area contributed by atoms with Crippen LogP contribution in [0.1, 0.15) is 64.5 Å². The lowest BCUT2D eigenvalue weighted by Crippen LogP contribution is -2.57. The Balaban J connectivity index is 2.20. The van der Waals surface area contributed by atoms with Crippen molar-refractivity contribution in [3.05, 3.63) is 59.7 Å². The number of aliphatic imine (C=N–C) groups is 1. The molecule has 2 rings (SSSR count). The van der Waals surface area contributed by atoms with E-state index in [-0.39, 0.29) is 67.9 Å². The number of carboxylic acids is 1. The number of nitrogens with one attached hydrogen (secondary N) is 5. The molecule has 0 unspecified atom stereocenters. The van der Waals surface area contributed by atoms with Crippen molar-refractivity contribution < 1.29 is 44.1 Å². The smallest absolute Gasteiger partial charge is 0.326 e. The molecule has 0 heterocycles. The first kappa shape index (κ1) is 46.2. The average Bonchev–Trinajstić information content (AvgIpc) is 3.12. The third-order valence-electron chi connectivity index (χ3n) is 8.43. The number of benzene rings is 2. The standard InChI is InChI=1S/C38H57N9O9/c1-21(2)16-28(46-36(54)30(19-24-9-13-26(49)14-10-24)45-33(51)27(39)6-5-15-42-38(40)41)34(52)43-20-32(50)44-29(18-23-7-11-25(48)12-8-23)35(53)47-31(37(55)56)17-22(3)4/h7-14,21-22,27-31,48-49H,5-6,15-20,39H2,1-4H3,(H,43,52)(H,44,50)(H,45,51)(H,46,54)(H,47,53)(H,55,56)(H4,40,41,42)/t27-,28-,29-,30-,31+/m0/s1. The summed E-state index contributed by atoms with van der Waals surface area (Å²) >= 11 is 0. The predicted octanol–water partition coefficient (Wildman–Crippen LogP) is -0.504. The van der Waals surface area contributed by atoms with Crippen LogP contribution >= 0.6 is 0 Å². The second-order valence-corrected chi connectivity index (χ2v) is 14.4. The molecule has 0 spiro atoms. The molecule has 18 heteroatoms. The van der Waals surface area contributed by atoms with Gasteiger partial charge >= 0.3 is 5.97 Å². The van der Waals surface area contributed by atoms with Crippen molar-refractivity contribution in [1.82, 2.24) is 26.6 Å². The van der Waals surface area contributed by atoms with Gasteiger partial charge in [-0.2, -0.15) is 0 Å². The number of amides is 5. The topological polar surface area (TPSA) is 314 Å². The van der Waals surface area contributed by atoms with Crippen LogP contribution in [0.15, 0.2) is 53.5 Å². The molecule has 2 aromatic rings. The Kier molecular flexibility index (Phi) is 19.1. The van der Waals surface area contributed by atoms with E-state index in [1.807, 2.05) is 13.8 Å². The number of carbonyl (C=O) groups is 6. The zero-order chi connectivity index (χ0) is 41.9. The van der Waals surface area contributed by atoms with E-state index in [9.17, 15) is 44.1 Å². The second-order valence-electron chi connectivity index (χ2n) is 14.4. The number of phenolic OH excluding ortho intramolecular Hbond substituents is 2. The lowest BCUT2D eigenvalue weighted by molar-refractivity contribution is -0.142. The van der Waals surface area contributed by atoms with Gasteiger partial charge in [0.1, 0.15) is 35.7 Å². The van der Waals surface area contributed by atoms with Gasteiger partial charge in [-0.3, -0.25) is 29.0 Å². The molecule has 0 aliphatic heterocycles. The van der Waals surface area contributed by atoms with Gasteiger partial charge in [0.15, 0.2) is 5.96 Å². The van der Waals surface area contributed by atoms with Crippen molar-refractivity contribution in [2.24, 2.45) is 34.0 Å². The SMILES string of the molecule is CC(C)C[C@H](NC(=O)[C@H](Cc1ccc(O)cc1)NC(=O)[C@@H](N)CCCN=C(N)N)C(=O)NCC(=O)N[C@@H](Cc1ccc(O)cc1)C(=O)N[C@H](CC(C)C)C(=O)O. The fourth-order valence-electron chi connectivity index (χ4n) is 5.56. The summed E-state index contributed by atoms with van der Waals surface area (Å²) in [5.41, 5.74) is 17.9. The highest BCUT2D eigenvalue weighted by atomic mass is 16.4. The molecule has 0 aromatic heterocycles. The molecule has 0 saturated carbocycles. The van der Waals surface area contributed by atoms with Crippen molar-refractivity contribution in [1.29, 1.82) is 0 Å². The maximum atomic E-state index is 13.7. The fraction of sp³-hybridized carbons (Fsp3) is 0.500. The Labute approximate surface area is 326 Å². The van der Waals surface area contributed by atoms with E-state index in [0.717, 1.165) is 0 Å². The molecular weight excluding hydrogens is 726 g/mol. The number of phenols is 2. The molecule has 18 nitrogen and oxygen atoms in total. The summed E-state index contributed by atoms with van der Waals surface area (Å²) in [5, 5.41) is 41.9. The number of guanidine groups is 1. The first-order valence-electron chi connectivity index (χ1n) is 18.4. The first-order chi connectivity index (χ1) is 26.3. The van der Waals surface area contributed by atoms with Crippen LogP contribution in [0, 0.1) is 11.8 Å². The van der Waals surface area contributed by atoms with Crippen LogP contribution in [0.3, 0.4) is 0 Å². The zero-order valence-electron chi connectivity index (χ0n) is 32.3. The summed E-state index contributed by atoms with van der Waals surface area (Å²) < 4.78 is 0. The third kappa shape index (κ3) is 17.5. The highest BCUT2D eigenvalue weighted by Gasteiger charge is 2.31. The zero-order valence-corrected chi connectivity index (χ0v) is 32.3. The van der Waals surface area contributed by atoms with E-state index < -0.39 is 72.3 Å². The highest BCUT2D eigenvalue weighted by Crippen LogP contribution is 2.14. The average molecular weight is 784 g/mol. The number of carboxylic acid groups (broad SMARTS) is 1. The Morgan fingerprint density at radius 1 is 0.643 bits per heavy atom. The number of nitrogens with two attached hydrogens (primary N) is 3. The third-order valence-corrected chi connectivity index (χ3v) is 8.43. The van der Waals surface area contributed by atoms with Gasteiger partial charge in [0.05, 0.1) is 12.6 Å². The number of hydrogen-bond donors (Lipinski definition) is 11. The van der Waals surface area contributed by atoms with Crippen LogP contribution in [0.2, 0.25) is 0 Å². The number of hydrogen-bond acceptors (Lipinski definition) is 10. The molecule has 5 amide bonds. The van der Waals surface area contributed by atoms with Crippen molar-refractivity contribution in [2.75, 3.05) is 13.1 Å². The lowest BCUT2D eigenvalue weighted by Gasteiger charge is -2.25. The maximum Gasteiger partial charge on any atom is 0.326 e. The molecule has 308 valence electrons. The Morgan fingerprint density at radius 2 is 1.09 bits per heavy atom. The van der Waals surface area contributed by atoms with E-state index in [1.165, 1.54) is 24.3 Å². The van der Waals surface area contributed by atoms with Gasteiger partial charge < -0.3 is 59.1 Å². The first-order valence-corrected chi connectivity index (χ1v) is 18.4. The summed E-state index contributed by atoms with van der Waals surface area (Å²) in [4.78, 5) is 82.5. The molecule has 0 saturated heterocycles. The second kappa shape index (κ2) is 23.1. The molecule has 56 heavy (non-hydrogen) atoms. The minimum Gasteiger partial charge on any atom is -0.508 e. The molecule has 5 atom stereocenters. The van der Waals surface area contributed by atoms with Crippen LogP contribution in [-0.4, -0.2) is 100 Å². The van der Waals surface area contributed by atoms with Gasteiger partial charge in [-0.25, -0.2) is 4.79 Å². The van der Waals surface area contributed by atoms with E-state index >= 15 is 0 Å². The van der Waals surface area contributed by atoms with Crippen LogP contribution in [0.25, 0.3) is 0 Å². The normalized spacial score (nSPS) is 13.7. The summed E-state index contributed by atoms with van der Waals surface area (Å²) in [6.07, 6.45) is 0.844. The lowest BCUT2D eigenvalue weighted by atomic mass is 10.0. The van der Waals surface area contributed by atoms with E-state index in [1.54, 1.807) is 38.1 Å². The summed E-state index contributed by atoms with van der Waals surface area (Å²) in [6, 6.07) is 6.12. The van der Waals surface area contributed by atoms with Crippen LogP contribution in [0.4, 0.5) is 0 Å². The molecular formula is C38H57N9O9. The molecule has 14 N–H and O–H groups in total. The molecule has 2 aromatic carbocycles. The molecule has 0 bridgehead atoms. The van der Waals surface area contributed by atoms with Crippen molar-refractivity contribution in [2.45, 2.75) is 96.4 Å². The molecule has 0 aliphatic carbocycles. The van der Waals surface area contributed by atoms with Gasteiger partial charge in [0.2, 0.25) is 29.5 Å².